The summed E-state index contributed by atoms with van der Waals surface area (Å²) in [6.45, 7) is -2.59. The minimum Gasteiger partial charge on any atom is -0.393 e. The maximum atomic E-state index is 13.0. The summed E-state index contributed by atoms with van der Waals surface area (Å²) in [6, 6.07) is 3.28. The maximum absolute atomic E-state index is 13.0. The fraction of sp³-hybridized carbons (Fsp3) is 0.368. The first-order valence-electron chi connectivity index (χ1n) is 10.4. The lowest BCUT2D eigenvalue weighted by Crippen LogP contribution is -2.29. The van der Waals surface area contributed by atoms with Crippen LogP contribution in [-0.4, -0.2) is 36.8 Å². The van der Waals surface area contributed by atoms with E-state index in [0.717, 1.165) is 17.4 Å². The quantitative estimate of drug-likeness (QED) is 0.647. The van der Waals surface area contributed by atoms with E-state index in [1.54, 1.807) is 30.7 Å². The molecular formula is C19H22N6O2. The van der Waals surface area contributed by atoms with Crippen molar-refractivity contribution in [3.05, 3.63) is 47.3 Å². The summed E-state index contributed by atoms with van der Waals surface area (Å²) in [6.07, 6.45) is 8.38. The second-order valence-electron chi connectivity index (χ2n) is 6.68. The van der Waals surface area contributed by atoms with E-state index in [4.69, 9.17) is 4.11 Å². The number of hydrogen-bond donors (Lipinski definition) is 3. The van der Waals surface area contributed by atoms with Gasteiger partial charge in [0.2, 0.25) is 0 Å². The van der Waals surface area contributed by atoms with Crippen LogP contribution in [0.5, 0.6) is 0 Å². The van der Waals surface area contributed by atoms with Gasteiger partial charge in [0.05, 0.1) is 17.7 Å². The van der Waals surface area contributed by atoms with Gasteiger partial charge in [0.25, 0.3) is 5.56 Å². The zero-order valence-electron chi connectivity index (χ0n) is 17.6. The Morgan fingerprint density at radius 1 is 1.26 bits per heavy atom. The maximum Gasteiger partial charge on any atom is 0.261 e. The Bertz CT molecular complexity index is 1100. The highest BCUT2D eigenvalue weighted by molar-refractivity contribution is 5.93. The summed E-state index contributed by atoms with van der Waals surface area (Å²) in [5.74, 6) is 1.25. The van der Waals surface area contributed by atoms with Crippen molar-refractivity contribution in [1.29, 1.82) is 0 Å². The van der Waals surface area contributed by atoms with Gasteiger partial charge in [-0.1, -0.05) is 0 Å². The number of nitrogens with zero attached hydrogens (tertiary/aromatic N) is 4. The molecule has 0 spiro atoms. The highest BCUT2D eigenvalue weighted by Crippen LogP contribution is 2.27. The highest BCUT2D eigenvalue weighted by Gasteiger charge is 2.21. The Labute approximate surface area is 160 Å². The van der Waals surface area contributed by atoms with Crippen LogP contribution >= 0.6 is 0 Å². The molecule has 3 N–H and O–H groups in total. The Morgan fingerprint density at radius 2 is 2.11 bits per heavy atom. The van der Waals surface area contributed by atoms with Crippen molar-refractivity contribution in [2.75, 3.05) is 10.6 Å². The van der Waals surface area contributed by atoms with Crippen molar-refractivity contribution in [3.8, 4) is 0 Å². The number of rotatable bonds is 4. The monoisotopic (exact) mass is 369 g/mol. The van der Waals surface area contributed by atoms with E-state index in [9.17, 15) is 9.90 Å². The molecule has 0 bridgehead atoms. The predicted molar refractivity (Wildman–Crippen MR) is 104 cm³/mol. The van der Waals surface area contributed by atoms with E-state index in [1.165, 1.54) is 6.20 Å². The van der Waals surface area contributed by atoms with E-state index in [0.29, 0.717) is 35.7 Å². The number of fused-ring (bicyclic) bond motifs is 1. The summed E-state index contributed by atoms with van der Waals surface area (Å²) in [5.41, 5.74) is -0.635. The van der Waals surface area contributed by atoms with Gasteiger partial charge < -0.3 is 20.3 Å². The molecule has 3 aromatic heterocycles. The van der Waals surface area contributed by atoms with Gasteiger partial charge >= 0.3 is 0 Å². The zero-order chi connectivity index (χ0) is 21.3. The van der Waals surface area contributed by atoms with Gasteiger partial charge in [-0.05, 0) is 43.2 Å². The third kappa shape index (κ3) is 3.75. The molecule has 8 heteroatoms. The number of pyridine rings is 2. The van der Waals surface area contributed by atoms with Gasteiger partial charge in [-0.25, -0.2) is 9.97 Å². The molecule has 0 unspecified atom stereocenters. The summed E-state index contributed by atoms with van der Waals surface area (Å²) < 4.78 is 23.6. The molecule has 1 aliphatic rings. The van der Waals surface area contributed by atoms with Gasteiger partial charge in [-0.2, -0.15) is 0 Å². The van der Waals surface area contributed by atoms with Gasteiger partial charge in [0, 0.05) is 35.7 Å². The molecule has 1 aliphatic carbocycles. The van der Waals surface area contributed by atoms with Gasteiger partial charge in [-0.15, -0.1) is 0 Å². The molecule has 0 aliphatic heterocycles. The SMILES string of the molecule is [2H]C([2H])([2H])n1ccc2cc(Nc3cnccn3)nc(N[C@H]3CC[C@@H](O)CC3)c2c1=O. The number of nitrogens with one attached hydrogen (secondary N) is 2. The molecule has 1 fully saturated rings. The van der Waals surface area contributed by atoms with Crippen molar-refractivity contribution in [2.45, 2.75) is 37.8 Å². The smallest absolute Gasteiger partial charge is 0.261 e. The fourth-order valence-electron chi connectivity index (χ4n) is 3.34. The van der Waals surface area contributed by atoms with E-state index in [-0.39, 0.29) is 17.5 Å². The predicted octanol–water partition coefficient (Wildman–Crippen LogP) is 2.18. The second-order valence-corrected chi connectivity index (χ2v) is 6.68. The lowest BCUT2D eigenvalue weighted by Gasteiger charge is -2.27. The van der Waals surface area contributed by atoms with Crippen LogP contribution in [-0.2, 0) is 6.98 Å². The first kappa shape index (κ1) is 14.1. The van der Waals surface area contributed by atoms with Crippen LogP contribution in [0.15, 0.2) is 41.7 Å². The lowest BCUT2D eigenvalue weighted by atomic mass is 9.93. The minimum absolute atomic E-state index is 0.0247. The van der Waals surface area contributed by atoms with Crippen LogP contribution < -0.4 is 16.2 Å². The Morgan fingerprint density at radius 3 is 2.85 bits per heavy atom. The van der Waals surface area contributed by atoms with E-state index in [2.05, 4.69) is 25.6 Å². The van der Waals surface area contributed by atoms with E-state index in [1.807, 2.05) is 0 Å². The summed E-state index contributed by atoms with van der Waals surface area (Å²) in [5, 5.41) is 16.9. The molecule has 3 aromatic rings. The average molecular weight is 369 g/mol. The second kappa shape index (κ2) is 7.32. The number of aromatic nitrogens is 4. The average Bonchev–Trinajstić information content (AvgIpc) is 2.69. The van der Waals surface area contributed by atoms with Crippen LogP contribution in [0.3, 0.4) is 0 Å². The number of aliphatic hydroxyl groups excluding tert-OH is 1. The molecule has 3 heterocycles. The molecule has 8 nitrogen and oxygen atoms in total. The number of aliphatic hydroxyl groups is 1. The lowest BCUT2D eigenvalue weighted by molar-refractivity contribution is 0.126. The van der Waals surface area contributed by atoms with Gasteiger partial charge in [0.15, 0.2) is 0 Å². The van der Waals surface area contributed by atoms with Crippen molar-refractivity contribution >= 4 is 28.2 Å². The molecule has 0 radical (unpaired) electrons. The molecule has 1 saturated carbocycles. The van der Waals surface area contributed by atoms with E-state index < -0.39 is 12.5 Å². The van der Waals surface area contributed by atoms with Crippen molar-refractivity contribution in [2.24, 2.45) is 6.98 Å². The first-order valence-corrected chi connectivity index (χ1v) is 8.86. The van der Waals surface area contributed by atoms with Crippen molar-refractivity contribution < 1.29 is 9.22 Å². The van der Waals surface area contributed by atoms with Crippen LogP contribution in [0.2, 0.25) is 0 Å². The summed E-state index contributed by atoms with van der Waals surface area (Å²) >= 11 is 0. The Hall–Kier alpha value is -3.00. The van der Waals surface area contributed by atoms with Crippen molar-refractivity contribution in [3.63, 3.8) is 0 Å². The fourth-order valence-corrected chi connectivity index (χ4v) is 3.34. The number of hydrogen-bond acceptors (Lipinski definition) is 7. The molecule has 27 heavy (non-hydrogen) atoms. The largest absolute Gasteiger partial charge is 0.393 e. The molecule has 0 amide bonds. The molecular weight excluding hydrogens is 344 g/mol. The third-order valence-electron chi connectivity index (χ3n) is 4.74. The topological polar surface area (TPSA) is 105 Å². The first-order chi connectivity index (χ1) is 14.3. The molecule has 140 valence electrons. The Kier molecular flexibility index (Phi) is 3.82. The third-order valence-corrected chi connectivity index (χ3v) is 4.74. The number of anilines is 3. The highest BCUT2D eigenvalue weighted by atomic mass is 16.3. The summed E-state index contributed by atoms with van der Waals surface area (Å²) in [4.78, 5) is 25.7. The normalized spacial score (nSPS) is 21.9. The number of aryl methyl sites for hydroxylation is 1. The molecule has 0 saturated heterocycles. The van der Waals surface area contributed by atoms with Crippen LogP contribution in [0.25, 0.3) is 10.8 Å². The zero-order valence-corrected chi connectivity index (χ0v) is 14.6. The van der Waals surface area contributed by atoms with Gasteiger partial charge in [-0.3, -0.25) is 9.78 Å². The van der Waals surface area contributed by atoms with Crippen LogP contribution in [0, 0.1) is 0 Å². The van der Waals surface area contributed by atoms with Crippen molar-refractivity contribution in [1.82, 2.24) is 19.5 Å². The molecule has 0 atom stereocenters. The summed E-state index contributed by atoms with van der Waals surface area (Å²) in [7, 11) is 0. The van der Waals surface area contributed by atoms with E-state index >= 15 is 0 Å². The standard InChI is InChI=1S/C19H22N6O2/c1-25-9-6-12-10-15(23-16-11-20-7-8-21-16)24-18(17(12)19(25)27)22-13-2-4-14(26)5-3-13/h6-11,13-14,26H,2-5H2,1H3,(H2,21,22,23,24)/t13-,14+/i1D3. The van der Waals surface area contributed by atoms with Crippen LogP contribution in [0.4, 0.5) is 17.5 Å². The molecule has 4 rings (SSSR count). The molecule has 0 aromatic carbocycles. The van der Waals surface area contributed by atoms with Gasteiger partial charge in [0.1, 0.15) is 17.5 Å². The Balaban J connectivity index is 1.79. The van der Waals surface area contributed by atoms with Crippen LogP contribution in [0.1, 0.15) is 29.8 Å². The minimum atomic E-state index is -2.59.